The van der Waals surface area contributed by atoms with Crippen LogP contribution < -0.4 is 5.56 Å². The van der Waals surface area contributed by atoms with Gasteiger partial charge in [-0.2, -0.15) is 10.2 Å². The van der Waals surface area contributed by atoms with Gasteiger partial charge in [-0.05, 0) is 31.4 Å². The summed E-state index contributed by atoms with van der Waals surface area (Å²) in [6, 6.07) is 9.74. The van der Waals surface area contributed by atoms with Crippen molar-refractivity contribution in [3.8, 4) is 5.69 Å². The molecule has 1 fully saturated rings. The smallest absolute Gasteiger partial charge is 0.277 e. The maximum Gasteiger partial charge on any atom is 0.277 e. The molecule has 0 amide bonds. The van der Waals surface area contributed by atoms with Gasteiger partial charge in [0.15, 0.2) is 0 Å². The van der Waals surface area contributed by atoms with E-state index in [0.717, 1.165) is 37.1 Å². The molecule has 118 valence electrons. The zero-order valence-electron chi connectivity index (χ0n) is 12.8. The number of benzene rings is 1. The lowest BCUT2D eigenvalue weighted by Crippen LogP contribution is -2.24. The van der Waals surface area contributed by atoms with Gasteiger partial charge >= 0.3 is 0 Å². The van der Waals surface area contributed by atoms with E-state index in [1.165, 1.54) is 4.68 Å². The number of hydrogen-bond donors (Lipinski definition) is 0. The van der Waals surface area contributed by atoms with Gasteiger partial charge in [-0.3, -0.25) is 4.79 Å². The fourth-order valence-corrected chi connectivity index (χ4v) is 3.04. The molecule has 1 aromatic carbocycles. The van der Waals surface area contributed by atoms with Crippen LogP contribution in [-0.4, -0.2) is 32.3 Å². The van der Waals surface area contributed by atoms with Crippen LogP contribution in [0.3, 0.4) is 0 Å². The molecule has 0 saturated carbocycles. The summed E-state index contributed by atoms with van der Waals surface area (Å²) in [4.78, 5) is 12.6. The SMILES string of the molecule is O=c1c2cnn(-c3ccccc3)c2cnn1CCC1CCCO1. The van der Waals surface area contributed by atoms with Gasteiger partial charge in [0.1, 0.15) is 0 Å². The number of aryl methyl sites for hydroxylation is 1. The van der Waals surface area contributed by atoms with Gasteiger partial charge in [-0.25, -0.2) is 9.36 Å². The third kappa shape index (κ3) is 2.66. The van der Waals surface area contributed by atoms with E-state index >= 15 is 0 Å². The zero-order chi connectivity index (χ0) is 15.6. The summed E-state index contributed by atoms with van der Waals surface area (Å²) in [6.45, 7) is 1.41. The number of fused-ring (bicyclic) bond motifs is 1. The third-order valence-corrected chi connectivity index (χ3v) is 4.28. The molecular formula is C17H18N4O2. The van der Waals surface area contributed by atoms with Gasteiger partial charge < -0.3 is 4.74 Å². The molecule has 0 radical (unpaired) electrons. The van der Waals surface area contributed by atoms with E-state index in [4.69, 9.17) is 4.74 Å². The van der Waals surface area contributed by atoms with E-state index in [1.54, 1.807) is 17.1 Å². The Bertz CT molecular complexity index is 863. The van der Waals surface area contributed by atoms with Gasteiger partial charge in [0.25, 0.3) is 5.56 Å². The lowest BCUT2D eigenvalue weighted by molar-refractivity contribution is 0.0991. The van der Waals surface area contributed by atoms with E-state index in [1.807, 2.05) is 30.3 Å². The minimum absolute atomic E-state index is 0.0947. The first-order valence-corrected chi connectivity index (χ1v) is 7.94. The Morgan fingerprint density at radius 2 is 2.04 bits per heavy atom. The topological polar surface area (TPSA) is 61.9 Å². The third-order valence-electron chi connectivity index (χ3n) is 4.28. The molecule has 0 aliphatic carbocycles. The van der Waals surface area contributed by atoms with E-state index in [9.17, 15) is 4.79 Å². The summed E-state index contributed by atoms with van der Waals surface area (Å²) in [5.74, 6) is 0. The van der Waals surface area contributed by atoms with Crippen LogP contribution in [0.5, 0.6) is 0 Å². The molecule has 3 aromatic rings. The summed E-state index contributed by atoms with van der Waals surface area (Å²) >= 11 is 0. The maximum absolute atomic E-state index is 12.6. The fourth-order valence-electron chi connectivity index (χ4n) is 3.04. The first kappa shape index (κ1) is 14.1. The van der Waals surface area contributed by atoms with Crippen molar-refractivity contribution in [2.24, 2.45) is 0 Å². The van der Waals surface area contributed by atoms with Crippen LogP contribution in [0.2, 0.25) is 0 Å². The highest BCUT2D eigenvalue weighted by Gasteiger charge is 2.16. The molecule has 1 atom stereocenters. The lowest BCUT2D eigenvalue weighted by atomic mass is 10.2. The van der Waals surface area contributed by atoms with Crippen molar-refractivity contribution in [3.63, 3.8) is 0 Å². The number of nitrogens with zero attached hydrogens (tertiary/aromatic N) is 4. The van der Waals surface area contributed by atoms with E-state index < -0.39 is 0 Å². The van der Waals surface area contributed by atoms with Crippen LogP contribution in [0.4, 0.5) is 0 Å². The van der Waals surface area contributed by atoms with Crippen molar-refractivity contribution >= 4 is 10.9 Å². The Hall–Kier alpha value is -2.47. The molecule has 23 heavy (non-hydrogen) atoms. The van der Waals surface area contributed by atoms with Gasteiger partial charge in [0, 0.05) is 13.2 Å². The molecule has 4 rings (SSSR count). The number of hydrogen-bond acceptors (Lipinski definition) is 4. The fraction of sp³-hybridized carbons (Fsp3) is 0.353. The highest BCUT2D eigenvalue weighted by Crippen LogP contribution is 2.17. The van der Waals surface area contributed by atoms with Crippen molar-refractivity contribution in [3.05, 3.63) is 53.1 Å². The molecule has 0 spiro atoms. The summed E-state index contributed by atoms with van der Waals surface area (Å²) in [7, 11) is 0. The van der Waals surface area contributed by atoms with Crippen LogP contribution in [0.15, 0.2) is 47.5 Å². The molecule has 0 N–H and O–H groups in total. The molecule has 1 saturated heterocycles. The molecule has 2 aromatic heterocycles. The predicted molar refractivity (Wildman–Crippen MR) is 86.7 cm³/mol. The number of para-hydroxylation sites is 1. The average molecular weight is 310 g/mol. The number of rotatable bonds is 4. The molecule has 0 bridgehead atoms. The molecule has 1 unspecified atom stereocenters. The largest absolute Gasteiger partial charge is 0.378 e. The molecule has 6 heteroatoms. The van der Waals surface area contributed by atoms with Crippen molar-refractivity contribution in [2.45, 2.75) is 31.9 Å². The highest BCUT2D eigenvalue weighted by molar-refractivity contribution is 5.78. The molecular weight excluding hydrogens is 292 g/mol. The Balaban J connectivity index is 1.65. The normalized spacial score (nSPS) is 17.8. The minimum atomic E-state index is -0.0947. The predicted octanol–water partition coefficient (Wildman–Crippen LogP) is 2.15. The van der Waals surface area contributed by atoms with Crippen molar-refractivity contribution in [1.82, 2.24) is 19.6 Å². The summed E-state index contributed by atoms with van der Waals surface area (Å²) in [5.41, 5.74) is 1.55. The summed E-state index contributed by atoms with van der Waals surface area (Å²) < 4.78 is 8.86. The van der Waals surface area contributed by atoms with Crippen molar-refractivity contribution in [2.75, 3.05) is 6.61 Å². The second-order valence-corrected chi connectivity index (χ2v) is 5.79. The maximum atomic E-state index is 12.6. The minimum Gasteiger partial charge on any atom is -0.378 e. The van der Waals surface area contributed by atoms with Gasteiger partial charge in [0.05, 0.1) is 35.1 Å². The van der Waals surface area contributed by atoms with Crippen LogP contribution in [0, 0.1) is 0 Å². The van der Waals surface area contributed by atoms with Crippen molar-refractivity contribution in [1.29, 1.82) is 0 Å². The second-order valence-electron chi connectivity index (χ2n) is 5.79. The summed E-state index contributed by atoms with van der Waals surface area (Å²) in [5, 5.41) is 9.25. The average Bonchev–Trinajstić information content (AvgIpc) is 3.25. The van der Waals surface area contributed by atoms with Gasteiger partial charge in [-0.15, -0.1) is 0 Å². The lowest BCUT2D eigenvalue weighted by Gasteiger charge is -2.10. The Morgan fingerprint density at radius 1 is 1.17 bits per heavy atom. The van der Waals surface area contributed by atoms with E-state index in [-0.39, 0.29) is 11.7 Å². The zero-order valence-corrected chi connectivity index (χ0v) is 12.8. The molecule has 1 aliphatic heterocycles. The van der Waals surface area contributed by atoms with E-state index in [2.05, 4.69) is 10.2 Å². The number of ether oxygens (including phenoxy) is 1. The highest BCUT2D eigenvalue weighted by atomic mass is 16.5. The first-order chi connectivity index (χ1) is 11.3. The molecule has 6 nitrogen and oxygen atoms in total. The van der Waals surface area contributed by atoms with Crippen molar-refractivity contribution < 1.29 is 4.74 Å². The van der Waals surface area contributed by atoms with Crippen LogP contribution in [-0.2, 0) is 11.3 Å². The quantitative estimate of drug-likeness (QED) is 0.741. The Morgan fingerprint density at radius 3 is 2.83 bits per heavy atom. The first-order valence-electron chi connectivity index (χ1n) is 7.94. The van der Waals surface area contributed by atoms with E-state index in [0.29, 0.717) is 11.9 Å². The molecule has 1 aliphatic rings. The monoisotopic (exact) mass is 310 g/mol. The Kier molecular flexibility index (Phi) is 3.67. The van der Waals surface area contributed by atoms with Crippen LogP contribution >= 0.6 is 0 Å². The van der Waals surface area contributed by atoms with Crippen LogP contribution in [0.25, 0.3) is 16.6 Å². The Labute approximate surface area is 133 Å². The van der Waals surface area contributed by atoms with Gasteiger partial charge in [-0.1, -0.05) is 18.2 Å². The molecule has 3 heterocycles. The van der Waals surface area contributed by atoms with Crippen LogP contribution in [0.1, 0.15) is 19.3 Å². The summed E-state index contributed by atoms with van der Waals surface area (Å²) in [6.07, 6.45) is 6.59. The van der Waals surface area contributed by atoms with Gasteiger partial charge in [0.2, 0.25) is 0 Å². The second kappa shape index (κ2) is 5.96. The number of aromatic nitrogens is 4. The standard InChI is InChI=1S/C17H18N4O2/c22-17-15-11-19-21(13-5-2-1-3-6-13)16(15)12-18-20(17)9-8-14-7-4-10-23-14/h1-3,5-6,11-12,14H,4,7-10H2.